The van der Waals surface area contributed by atoms with Gasteiger partial charge >= 0.3 is 0 Å². The molecule has 1 N–H and O–H groups in total. The molecule has 2 fully saturated rings. The van der Waals surface area contributed by atoms with E-state index in [1.54, 1.807) is 0 Å². The van der Waals surface area contributed by atoms with Crippen molar-refractivity contribution in [3.63, 3.8) is 0 Å². The maximum absolute atomic E-state index is 9.70. The summed E-state index contributed by atoms with van der Waals surface area (Å²) in [5, 5.41) is 9.70. The largest absolute Gasteiger partial charge is 0.396 e. The van der Waals surface area contributed by atoms with Crippen LogP contribution in [0.4, 0.5) is 0 Å². The third-order valence-electron chi connectivity index (χ3n) is 4.70. The van der Waals surface area contributed by atoms with E-state index in [1.165, 1.54) is 38.8 Å². The van der Waals surface area contributed by atoms with Crippen molar-refractivity contribution in [3.8, 4) is 0 Å². The number of hydrogen-bond acceptors (Lipinski definition) is 3. The van der Waals surface area contributed by atoms with E-state index in [0.29, 0.717) is 0 Å². The van der Waals surface area contributed by atoms with E-state index in [2.05, 4.69) is 11.8 Å². The minimum atomic E-state index is 0.0237. The van der Waals surface area contributed by atoms with Crippen LogP contribution in [0.5, 0.6) is 0 Å². The molecule has 3 heteroatoms. The van der Waals surface area contributed by atoms with Gasteiger partial charge in [-0.05, 0) is 44.7 Å². The van der Waals surface area contributed by atoms with Gasteiger partial charge in [-0.3, -0.25) is 0 Å². The molecule has 0 aliphatic carbocycles. The van der Waals surface area contributed by atoms with Gasteiger partial charge in [0.25, 0.3) is 0 Å². The molecule has 0 amide bonds. The average molecular weight is 255 g/mol. The van der Waals surface area contributed by atoms with E-state index < -0.39 is 0 Å². The van der Waals surface area contributed by atoms with E-state index >= 15 is 0 Å². The Morgan fingerprint density at radius 2 is 2.11 bits per heavy atom. The van der Waals surface area contributed by atoms with Crippen LogP contribution < -0.4 is 0 Å². The van der Waals surface area contributed by atoms with Crippen LogP contribution in [-0.4, -0.2) is 49.5 Å². The molecular weight excluding hydrogens is 226 g/mol. The lowest BCUT2D eigenvalue weighted by molar-refractivity contribution is -0.0590. The van der Waals surface area contributed by atoms with Crippen LogP contribution >= 0.6 is 0 Å². The SMILES string of the molecule is CCCC1CCN(CC2(CO)CCCOC2)CC1. The highest BCUT2D eigenvalue weighted by Gasteiger charge is 2.35. The molecule has 2 aliphatic heterocycles. The van der Waals surface area contributed by atoms with Crippen LogP contribution in [0, 0.1) is 11.3 Å². The van der Waals surface area contributed by atoms with Gasteiger partial charge in [0, 0.05) is 18.6 Å². The first-order chi connectivity index (χ1) is 8.78. The van der Waals surface area contributed by atoms with Gasteiger partial charge in [-0.25, -0.2) is 0 Å². The van der Waals surface area contributed by atoms with Crippen LogP contribution in [-0.2, 0) is 4.74 Å². The average Bonchev–Trinajstić information content (AvgIpc) is 2.42. The number of aliphatic hydroxyl groups excluding tert-OH is 1. The van der Waals surface area contributed by atoms with Crippen LogP contribution in [0.2, 0.25) is 0 Å². The molecule has 106 valence electrons. The number of likely N-dealkylation sites (tertiary alicyclic amines) is 1. The maximum Gasteiger partial charge on any atom is 0.0556 e. The summed E-state index contributed by atoms with van der Waals surface area (Å²) in [7, 11) is 0. The summed E-state index contributed by atoms with van der Waals surface area (Å²) in [4.78, 5) is 2.55. The topological polar surface area (TPSA) is 32.7 Å². The molecule has 1 unspecified atom stereocenters. The quantitative estimate of drug-likeness (QED) is 0.818. The number of rotatable bonds is 5. The lowest BCUT2D eigenvalue weighted by Gasteiger charge is -2.42. The molecule has 2 rings (SSSR count). The van der Waals surface area contributed by atoms with E-state index in [4.69, 9.17) is 4.74 Å². The van der Waals surface area contributed by atoms with Gasteiger partial charge < -0.3 is 14.7 Å². The summed E-state index contributed by atoms with van der Waals surface area (Å²) < 4.78 is 5.59. The Labute approximate surface area is 112 Å². The van der Waals surface area contributed by atoms with Gasteiger partial charge in [-0.2, -0.15) is 0 Å². The fraction of sp³-hybridized carbons (Fsp3) is 1.00. The Kier molecular flexibility index (Phi) is 5.46. The lowest BCUT2D eigenvalue weighted by atomic mass is 9.82. The summed E-state index contributed by atoms with van der Waals surface area (Å²) in [5.74, 6) is 0.943. The Hall–Kier alpha value is -0.120. The van der Waals surface area contributed by atoms with Crippen LogP contribution in [0.25, 0.3) is 0 Å². The van der Waals surface area contributed by atoms with Crippen LogP contribution in [0.15, 0.2) is 0 Å². The zero-order valence-electron chi connectivity index (χ0n) is 11.9. The molecule has 0 radical (unpaired) electrons. The van der Waals surface area contributed by atoms with Gasteiger partial charge in [-0.15, -0.1) is 0 Å². The minimum Gasteiger partial charge on any atom is -0.396 e. The summed E-state index contributed by atoms with van der Waals surface area (Å²) in [5.41, 5.74) is 0.0237. The molecule has 18 heavy (non-hydrogen) atoms. The van der Waals surface area contributed by atoms with Crippen molar-refractivity contribution in [2.45, 2.75) is 45.4 Å². The molecule has 0 saturated carbocycles. The Bertz CT molecular complexity index is 231. The molecule has 0 aromatic rings. The van der Waals surface area contributed by atoms with E-state index in [1.807, 2.05) is 0 Å². The molecule has 0 aromatic carbocycles. The third kappa shape index (κ3) is 3.69. The second-order valence-corrected chi connectivity index (χ2v) is 6.32. The Morgan fingerprint density at radius 3 is 2.67 bits per heavy atom. The van der Waals surface area contributed by atoms with Crippen LogP contribution in [0.1, 0.15) is 45.4 Å². The highest BCUT2D eigenvalue weighted by atomic mass is 16.5. The van der Waals surface area contributed by atoms with Crippen molar-refractivity contribution in [2.75, 3.05) is 39.5 Å². The summed E-state index contributed by atoms with van der Waals surface area (Å²) in [6, 6.07) is 0. The fourth-order valence-electron chi connectivity index (χ4n) is 3.53. The Morgan fingerprint density at radius 1 is 1.33 bits per heavy atom. The first-order valence-corrected chi connectivity index (χ1v) is 7.69. The molecule has 2 aliphatic rings. The zero-order chi connectivity index (χ0) is 12.8. The monoisotopic (exact) mass is 255 g/mol. The predicted octanol–water partition coefficient (Wildman–Crippen LogP) is 2.29. The summed E-state index contributed by atoms with van der Waals surface area (Å²) in [6.07, 6.45) is 7.62. The van der Waals surface area contributed by atoms with Crippen molar-refractivity contribution in [1.82, 2.24) is 4.90 Å². The molecule has 0 aromatic heterocycles. The predicted molar refractivity (Wildman–Crippen MR) is 73.6 cm³/mol. The number of ether oxygens (including phenoxy) is 1. The number of piperidine rings is 1. The van der Waals surface area contributed by atoms with Crippen molar-refractivity contribution in [3.05, 3.63) is 0 Å². The van der Waals surface area contributed by atoms with E-state index in [9.17, 15) is 5.11 Å². The zero-order valence-corrected chi connectivity index (χ0v) is 11.9. The van der Waals surface area contributed by atoms with E-state index in [0.717, 1.165) is 38.5 Å². The fourth-order valence-corrected chi connectivity index (χ4v) is 3.53. The molecule has 1 atom stereocenters. The molecule has 3 nitrogen and oxygen atoms in total. The molecule has 2 saturated heterocycles. The first kappa shape index (κ1) is 14.3. The highest BCUT2D eigenvalue weighted by Crippen LogP contribution is 2.31. The standard InChI is InChI=1S/C15H29NO2/c1-2-4-14-5-8-16(9-6-14)11-15(12-17)7-3-10-18-13-15/h14,17H,2-13H2,1H3. The van der Waals surface area contributed by atoms with Crippen molar-refractivity contribution >= 4 is 0 Å². The normalized spacial score (nSPS) is 31.7. The minimum absolute atomic E-state index is 0.0237. The molecular formula is C15H29NO2. The van der Waals surface area contributed by atoms with Gasteiger partial charge in [0.05, 0.1) is 13.2 Å². The number of nitrogens with zero attached hydrogens (tertiary/aromatic N) is 1. The third-order valence-corrected chi connectivity index (χ3v) is 4.70. The Balaban J connectivity index is 1.79. The first-order valence-electron chi connectivity index (χ1n) is 7.69. The van der Waals surface area contributed by atoms with Crippen LogP contribution in [0.3, 0.4) is 0 Å². The van der Waals surface area contributed by atoms with Gasteiger partial charge in [-0.1, -0.05) is 19.8 Å². The molecule has 0 bridgehead atoms. The summed E-state index contributed by atoms with van der Waals surface area (Å²) in [6.45, 7) is 7.65. The summed E-state index contributed by atoms with van der Waals surface area (Å²) >= 11 is 0. The number of hydrogen-bond donors (Lipinski definition) is 1. The van der Waals surface area contributed by atoms with E-state index in [-0.39, 0.29) is 12.0 Å². The van der Waals surface area contributed by atoms with Gasteiger partial charge in [0.15, 0.2) is 0 Å². The lowest BCUT2D eigenvalue weighted by Crippen LogP contribution is -2.47. The van der Waals surface area contributed by atoms with Crippen molar-refractivity contribution in [2.24, 2.45) is 11.3 Å². The molecule has 2 heterocycles. The second-order valence-electron chi connectivity index (χ2n) is 6.32. The van der Waals surface area contributed by atoms with Crippen molar-refractivity contribution < 1.29 is 9.84 Å². The van der Waals surface area contributed by atoms with Gasteiger partial charge in [0.1, 0.15) is 0 Å². The number of aliphatic hydroxyl groups is 1. The van der Waals surface area contributed by atoms with Crippen molar-refractivity contribution in [1.29, 1.82) is 0 Å². The molecule has 0 spiro atoms. The second kappa shape index (κ2) is 6.88. The smallest absolute Gasteiger partial charge is 0.0556 e. The highest BCUT2D eigenvalue weighted by molar-refractivity contribution is 4.86. The maximum atomic E-state index is 9.70. The van der Waals surface area contributed by atoms with Gasteiger partial charge in [0.2, 0.25) is 0 Å².